The summed E-state index contributed by atoms with van der Waals surface area (Å²) in [6.07, 6.45) is 0.649. The fourth-order valence-electron chi connectivity index (χ4n) is 1.91. The van der Waals surface area contributed by atoms with Crippen LogP contribution in [0.5, 0.6) is 0 Å². The van der Waals surface area contributed by atoms with Crippen molar-refractivity contribution in [3.63, 3.8) is 0 Å². The van der Waals surface area contributed by atoms with Crippen molar-refractivity contribution >= 4 is 5.69 Å². The molecule has 1 rings (SSSR count). The van der Waals surface area contributed by atoms with Crippen LogP contribution in [0, 0.1) is 18.6 Å². The average molecular weight is 257 g/mol. The van der Waals surface area contributed by atoms with E-state index in [4.69, 9.17) is 4.74 Å². The number of halogens is 2. The van der Waals surface area contributed by atoms with Gasteiger partial charge in [0.25, 0.3) is 0 Å². The molecule has 1 N–H and O–H groups in total. The van der Waals surface area contributed by atoms with Gasteiger partial charge in [-0.15, -0.1) is 0 Å². The molecule has 0 saturated heterocycles. The Morgan fingerprint density at radius 2 is 1.94 bits per heavy atom. The number of methoxy groups -OCH3 is 1. The molecular formula is C14H21F2NO. The number of hydrogen-bond acceptors (Lipinski definition) is 2. The fraction of sp³-hybridized carbons (Fsp3) is 0.571. The van der Waals surface area contributed by atoms with Crippen molar-refractivity contribution < 1.29 is 13.5 Å². The number of aryl methyl sites for hydroxylation is 1. The summed E-state index contributed by atoms with van der Waals surface area (Å²) in [6, 6.07) is 2.61. The Balaban J connectivity index is 2.82. The number of anilines is 1. The van der Waals surface area contributed by atoms with Gasteiger partial charge < -0.3 is 10.1 Å². The number of nitrogens with one attached hydrogen (secondary N) is 1. The standard InChI is InChI=1S/C14H21F2NO/c1-9-6-7-11(15)13(12(9)16)17-10(2)8-14(3,4)18-5/h6-7,10,17H,8H2,1-5H3. The largest absolute Gasteiger partial charge is 0.379 e. The average Bonchev–Trinajstić information content (AvgIpc) is 2.29. The maximum atomic E-state index is 13.8. The molecule has 18 heavy (non-hydrogen) atoms. The van der Waals surface area contributed by atoms with Gasteiger partial charge in [0.05, 0.1) is 5.60 Å². The molecule has 0 heterocycles. The van der Waals surface area contributed by atoms with E-state index in [1.54, 1.807) is 14.0 Å². The zero-order chi connectivity index (χ0) is 13.9. The van der Waals surface area contributed by atoms with E-state index in [0.717, 1.165) is 0 Å². The van der Waals surface area contributed by atoms with Crippen molar-refractivity contribution in [2.45, 2.75) is 45.8 Å². The van der Waals surface area contributed by atoms with Crippen LogP contribution in [0.15, 0.2) is 12.1 Å². The molecule has 0 aliphatic carbocycles. The van der Waals surface area contributed by atoms with Crippen molar-refractivity contribution in [2.24, 2.45) is 0 Å². The number of ether oxygens (including phenoxy) is 1. The maximum absolute atomic E-state index is 13.8. The minimum Gasteiger partial charge on any atom is -0.379 e. The molecule has 0 aliphatic heterocycles. The molecule has 1 unspecified atom stereocenters. The third kappa shape index (κ3) is 3.67. The normalized spacial score (nSPS) is 13.5. The summed E-state index contributed by atoms with van der Waals surface area (Å²) in [4.78, 5) is 0. The molecule has 4 heteroatoms. The summed E-state index contributed by atoms with van der Waals surface area (Å²) in [6.45, 7) is 7.37. The monoisotopic (exact) mass is 257 g/mol. The lowest BCUT2D eigenvalue weighted by Crippen LogP contribution is -2.31. The molecule has 1 aromatic carbocycles. The lowest BCUT2D eigenvalue weighted by molar-refractivity contribution is 0.0127. The van der Waals surface area contributed by atoms with Crippen molar-refractivity contribution in [1.29, 1.82) is 0 Å². The van der Waals surface area contributed by atoms with E-state index in [9.17, 15) is 8.78 Å². The molecule has 0 amide bonds. The summed E-state index contributed by atoms with van der Waals surface area (Å²) < 4.78 is 32.7. The van der Waals surface area contributed by atoms with E-state index in [1.807, 2.05) is 20.8 Å². The van der Waals surface area contributed by atoms with Crippen LogP contribution < -0.4 is 5.32 Å². The Bertz CT molecular complexity index is 419. The van der Waals surface area contributed by atoms with Gasteiger partial charge in [-0.05, 0) is 45.7 Å². The zero-order valence-corrected chi connectivity index (χ0v) is 11.6. The quantitative estimate of drug-likeness (QED) is 0.864. The maximum Gasteiger partial charge on any atom is 0.152 e. The first-order valence-corrected chi connectivity index (χ1v) is 6.03. The lowest BCUT2D eigenvalue weighted by atomic mass is 9.99. The van der Waals surface area contributed by atoms with Crippen LogP contribution in [-0.4, -0.2) is 18.8 Å². The van der Waals surface area contributed by atoms with Crippen LogP contribution in [0.25, 0.3) is 0 Å². The minimum absolute atomic E-state index is 0.0607. The zero-order valence-electron chi connectivity index (χ0n) is 11.6. The lowest BCUT2D eigenvalue weighted by Gasteiger charge is -2.27. The molecule has 102 valence electrons. The predicted octanol–water partition coefficient (Wildman–Crippen LogP) is 3.89. The molecule has 0 fully saturated rings. The van der Waals surface area contributed by atoms with E-state index in [1.165, 1.54) is 12.1 Å². The number of rotatable bonds is 5. The summed E-state index contributed by atoms with van der Waals surface area (Å²) in [5.74, 6) is -1.10. The van der Waals surface area contributed by atoms with Crippen molar-refractivity contribution in [3.05, 3.63) is 29.3 Å². The fourth-order valence-corrected chi connectivity index (χ4v) is 1.91. The third-order valence-corrected chi connectivity index (χ3v) is 3.03. The van der Waals surface area contributed by atoms with Crippen molar-refractivity contribution in [2.75, 3.05) is 12.4 Å². The van der Waals surface area contributed by atoms with Crippen molar-refractivity contribution in [1.82, 2.24) is 0 Å². The van der Waals surface area contributed by atoms with E-state index in [-0.39, 0.29) is 17.3 Å². The molecule has 0 radical (unpaired) electrons. The molecule has 0 aliphatic rings. The predicted molar refractivity (Wildman–Crippen MR) is 69.9 cm³/mol. The van der Waals surface area contributed by atoms with Gasteiger partial charge in [0.15, 0.2) is 5.82 Å². The first kappa shape index (κ1) is 14.9. The Hall–Kier alpha value is -1.16. The summed E-state index contributed by atoms with van der Waals surface area (Å²) in [5.41, 5.74) is 0.0370. The van der Waals surface area contributed by atoms with E-state index >= 15 is 0 Å². The summed E-state index contributed by atoms with van der Waals surface area (Å²) >= 11 is 0. The van der Waals surface area contributed by atoms with Crippen LogP contribution >= 0.6 is 0 Å². The van der Waals surface area contributed by atoms with E-state index in [0.29, 0.717) is 12.0 Å². The van der Waals surface area contributed by atoms with Gasteiger partial charge >= 0.3 is 0 Å². The summed E-state index contributed by atoms with van der Waals surface area (Å²) in [5, 5.41) is 2.88. The summed E-state index contributed by atoms with van der Waals surface area (Å²) in [7, 11) is 1.63. The highest BCUT2D eigenvalue weighted by Gasteiger charge is 2.22. The first-order chi connectivity index (χ1) is 8.26. The second-order valence-corrected chi connectivity index (χ2v) is 5.27. The van der Waals surface area contributed by atoms with Gasteiger partial charge in [0.2, 0.25) is 0 Å². The van der Waals surface area contributed by atoms with Crippen LogP contribution in [0.1, 0.15) is 32.8 Å². The van der Waals surface area contributed by atoms with Crippen LogP contribution in [0.2, 0.25) is 0 Å². The van der Waals surface area contributed by atoms with Gasteiger partial charge in [-0.3, -0.25) is 0 Å². The van der Waals surface area contributed by atoms with E-state index < -0.39 is 11.6 Å². The molecule has 0 aromatic heterocycles. The Morgan fingerprint density at radius 3 is 2.50 bits per heavy atom. The van der Waals surface area contributed by atoms with Crippen molar-refractivity contribution in [3.8, 4) is 0 Å². The highest BCUT2D eigenvalue weighted by molar-refractivity contribution is 5.49. The smallest absolute Gasteiger partial charge is 0.152 e. The molecule has 0 saturated carbocycles. The van der Waals surface area contributed by atoms with Gasteiger partial charge in [-0.2, -0.15) is 0 Å². The van der Waals surface area contributed by atoms with Crippen LogP contribution in [0.4, 0.5) is 14.5 Å². The second kappa shape index (κ2) is 5.65. The number of hydrogen-bond donors (Lipinski definition) is 1. The Kier molecular flexibility index (Phi) is 4.68. The molecule has 1 aromatic rings. The molecule has 0 bridgehead atoms. The highest BCUT2D eigenvalue weighted by Crippen LogP contribution is 2.24. The van der Waals surface area contributed by atoms with Crippen LogP contribution in [0.3, 0.4) is 0 Å². The van der Waals surface area contributed by atoms with Gasteiger partial charge in [-0.1, -0.05) is 6.07 Å². The second-order valence-electron chi connectivity index (χ2n) is 5.27. The number of benzene rings is 1. The molecule has 2 nitrogen and oxygen atoms in total. The Labute approximate surface area is 107 Å². The first-order valence-electron chi connectivity index (χ1n) is 6.03. The SMILES string of the molecule is COC(C)(C)CC(C)Nc1c(F)ccc(C)c1F. The minimum atomic E-state index is -0.569. The van der Waals surface area contributed by atoms with E-state index in [2.05, 4.69) is 5.32 Å². The van der Waals surface area contributed by atoms with Gasteiger partial charge in [-0.25, -0.2) is 8.78 Å². The topological polar surface area (TPSA) is 21.3 Å². The highest BCUT2D eigenvalue weighted by atomic mass is 19.1. The van der Waals surface area contributed by atoms with Gasteiger partial charge in [0.1, 0.15) is 11.5 Å². The molecule has 0 spiro atoms. The van der Waals surface area contributed by atoms with Gasteiger partial charge in [0, 0.05) is 13.2 Å². The Morgan fingerprint density at radius 1 is 1.33 bits per heavy atom. The third-order valence-electron chi connectivity index (χ3n) is 3.03. The molecular weight excluding hydrogens is 236 g/mol. The molecule has 1 atom stereocenters. The van der Waals surface area contributed by atoms with Crippen LogP contribution in [-0.2, 0) is 4.74 Å².